The van der Waals surface area contributed by atoms with Gasteiger partial charge in [-0.15, -0.1) is 0 Å². The molecule has 28 heavy (non-hydrogen) atoms. The van der Waals surface area contributed by atoms with Crippen LogP contribution in [0.3, 0.4) is 0 Å². The first-order valence-electron chi connectivity index (χ1n) is 10.1. The second-order valence-electron chi connectivity index (χ2n) is 9.16. The molecular weight excluding hydrogens is 434 g/mol. The Labute approximate surface area is 178 Å². The molecule has 0 bridgehead atoms. The normalized spacial score (nSPS) is 12.5. The van der Waals surface area contributed by atoms with E-state index in [1.807, 2.05) is 25.1 Å². The standard InChI is InChI=1S/C22H34BrNO3Si/c1-7-26-21(25)20-15-17-14-18(23)10-11-19(17)24(20)12-8-9-13-27-28(5,6)16-22(2,3)4/h10-11,14-15H,7-9,12-13,16H2,1-6H3. The highest BCUT2D eigenvalue weighted by atomic mass is 79.9. The Balaban J connectivity index is 2.01. The van der Waals surface area contributed by atoms with Gasteiger partial charge in [0, 0.05) is 28.5 Å². The van der Waals surface area contributed by atoms with Gasteiger partial charge in [0.05, 0.1) is 6.61 Å². The van der Waals surface area contributed by atoms with Crippen LogP contribution in [0.5, 0.6) is 0 Å². The Morgan fingerprint density at radius 3 is 2.54 bits per heavy atom. The molecule has 1 heterocycles. The minimum Gasteiger partial charge on any atom is -0.461 e. The van der Waals surface area contributed by atoms with Gasteiger partial charge in [0.25, 0.3) is 0 Å². The summed E-state index contributed by atoms with van der Waals surface area (Å²) in [5.41, 5.74) is 2.00. The summed E-state index contributed by atoms with van der Waals surface area (Å²) in [6, 6.07) is 9.19. The first kappa shape index (κ1) is 23.2. The maximum atomic E-state index is 12.4. The molecule has 0 aliphatic heterocycles. The first-order valence-corrected chi connectivity index (χ1v) is 14.0. The molecule has 0 N–H and O–H groups in total. The number of hydrogen-bond acceptors (Lipinski definition) is 3. The van der Waals surface area contributed by atoms with E-state index in [9.17, 15) is 4.79 Å². The number of nitrogens with zero attached hydrogens (tertiary/aromatic N) is 1. The lowest BCUT2D eigenvalue weighted by molar-refractivity contribution is 0.0514. The Hall–Kier alpha value is -1.11. The second-order valence-corrected chi connectivity index (χ2v) is 14.2. The smallest absolute Gasteiger partial charge is 0.354 e. The minimum atomic E-state index is -1.63. The SMILES string of the molecule is CCOC(=O)c1cc2cc(Br)ccc2n1CCCCO[Si](C)(C)CC(C)(C)C. The molecule has 0 spiro atoms. The van der Waals surface area contributed by atoms with Crippen LogP contribution in [0.2, 0.25) is 19.1 Å². The molecule has 0 saturated heterocycles. The summed E-state index contributed by atoms with van der Waals surface area (Å²) in [5.74, 6) is -0.259. The van der Waals surface area contributed by atoms with Crippen molar-refractivity contribution >= 4 is 41.1 Å². The zero-order valence-electron chi connectivity index (χ0n) is 18.1. The van der Waals surface area contributed by atoms with Gasteiger partial charge in [0.1, 0.15) is 5.69 Å². The van der Waals surface area contributed by atoms with Crippen molar-refractivity contribution in [1.82, 2.24) is 4.57 Å². The Morgan fingerprint density at radius 1 is 1.18 bits per heavy atom. The van der Waals surface area contributed by atoms with Gasteiger partial charge in [-0.3, -0.25) is 0 Å². The van der Waals surface area contributed by atoms with Crippen LogP contribution in [0.25, 0.3) is 10.9 Å². The van der Waals surface area contributed by atoms with E-state index in [-0.39, 0.29) is 5.97 Å². The third kappa shape index (κ3) is 6.74. The topological polar surface area (TPSA) is 40.5 Å². The number of unbranched alkanes of at least 4 members (excludes halogenated alkanes) is 1. The molecule has 0 radical (unpaired) electrons. The molecule has 0 fully saturated rings. The molecule has 2 aromatic rings. The van der Waals surface area contributed by atoms with E-state index in [1.165, 1.54) is 0 Å². The fraction of sp³-hybridized carbons (Fsp3) is 0.591. The van der Waals surface area contributed by atoms with E-state index in [2.05, 4.69) is 60.4 Å². The van der Waals surface area contributed by atoms with Crippen LogP contribution in [0.15, 0.2) is 28.7 Å². The molecule has 4 nitrogen and oxygen atoms in total. The van der Waals surface area contributed by atoms with Crippen molar-refractivity contribution < 1.29 is 14.0 Å². The molecule has 0 unspecified atom stereocenters. The van der Waals surface area contributed by atoms with Crippen molar-refractivity contribution in [2.24, 2.45) is 5.41 Å². The molecule has 0 atom stereocenters. The average Bonchev–Trinajstić information content (AvgIpc) is 2.90. The van der Waals surface area contributed by atoms with Gasteiger partial charge in [-0.05, 0) is 68.6 Å². The Morgan fingerprint density at radius 2 is 1.89 bits per heavy atom. The Bertz CT molecular complexity index is 808. The van der Waals surface area contributed by atoms with E-state index in [0.717, 1.165) is 47.4 Å². The van der Waals surface area contributed by atoms with E-state index in [4.69, 9.17) is 9.16 Å². The van der Waals surface area contributed by atoms with Gasteiger partial charge >= 0.3 is 5.97 Å². The van der Waals surface area contributed by atoms with Crippen molar-refractivity contribution in [3.05, 3.63) is 34.4 Å². The van der Waals surface area contributed by atoms with E-state index in [0.29, 0.717) is 17.7 Å². The number of ether oxygens (including phenoxy) is 1. The highest BCUT2D eigenvalue weighted by molar-refractivity contribution is 9.10. The molecule has 0 amide bonds. The molecule has 156 valence electrons. The molecule has 0 aliphatic rings. The quantitative estimate of drug-likeness (QED) is 0.236. The van der Waals surface area contributed by atoms with Crippen LogP contribution in [0, 0.1) is 5.41 Å². The van der Waals surface area contributed by atoms with Crippen LogP contribution >= 0.6 is 15.9 Å². The van der Waals surface area contributed by atoms with Crippen LogP contribution < -0.4 is 0 Å². The monoisotopic (exact) mass is 467 g/mol. The number of rotatable bonds is 9. The van der Waals surface area contributed by atoms with E-state index in [1.54, 1.807) is 0 Å². The highest BCUT2D eigenvalue weighted by Gasteiger charge is 2.28. The number of aromatic nitrogens is 1. The summed E-state index contributed by atoms with van der Waals surface area (Å²) in [6.45, 7) is 15.2. The number of benzene rings is 1. The summed E-state index contributed by atoms with van der Waals surface area (Å²) in [5, 5.41) is 1.05. The van der Waals surface area contributed by atoms with Gasteiger partial charge in [-0.2, -0.15) is 0 Å². The van der Waals surface area contributed by atoms with Crippen LogP contribution in [0.1, 0.15) is 51.0 Å². The lowest BCUT2D eigenvalue weighted by Crippen LogP contribution is -2.35. The van der Waals surface area contributed by atoms with Crippen LogP contribution in [0.4, 0.5) is 0 Å². The molecule has 0 saturated carbocycles. The fourth-order valence-corrected chi connectivity index (χ4v) is 7.64. The summed E-state index contributed by atoms with van der Waals surface area (Å²) in [7, 11) is -1.63. The molecule has 1 aromatic heterocycles. The molecular formula is C22H34BrNO3Si. The zero-order valence-corrected chi connectivity index (χ0v) is 20.7. The zero-order chi connectivity index (χ0) is 20.9. The number of halogens is 1. The molecule has 6 heteroatoms. The van der Waals surface area contributed by atoms with Crippen molar-refractivity contribution in [2.45, 2.75) is 66.2 Å². The summed E-state index contributed by atoms with van der Waals surface area (Å²) in [4.78, 5) is 12.4. The van der Waals surface area contributed by atoms with Gasteiger partial charge in [0.2, 0.25) is 0 Å². The van der Waals surface area contributed by atoms with Crippen molar-refractivity contribution in [3.8, 4) is 0 Å². The van der Waals surface area contributed by atoms with Crippen LogP contribution in [-0.4, -0.2) is 32.1 Å². The summed E-state index contributed by atoms with van der Waals surface area (Å²) in [6.07, 6.45) is 1.95. The molecule has 2 rings (SSSR count). The fourth-order valence-electron chi connectivity index (χ4n) is 3.91. The van der Waals surface area contributed by atoms with Gasteiger partial charge in [-0.1, -0.05) is 36.7 Å². The minimum absolute atomic E-state index is 0.259. The number of carbonyl (C=O) groups is 1. The number of carbonyl (C=O) groups excluding carboxylic acids is 1. The first-order chi connectivity index (χ1) is 13.0. The van der Waals surface area contributed by atoms with Crippen molar-refractivity contribution in [3.63, 3.8) is 0 Å². The largest absolute Gasteiger partial charge is 0.461 e. The average molecular weight is 469 g/mol. The summed E-state index contributed by atoms with van der Waals surface area (Å²) < 4.78 is 14.6. The van der Waals surface area contributed by atoms with Crippen molar-refractivity contribution in [1.29, 1.82) is 0 Å². The molecule has 0 aliphatic carbocycles. The number of esters is 1. The third-order valence-corrected chi connectivity index (χ3v) is 7.96. The summed E-state index contributed by atoms with van der Waals surface area (Å²) >= 11 is 3.51. The number of hydrogen-bond donors (Lipinski definition) is 0. The Kier molecular flexibility index (Phi) is 7.94. The predicted molar refractivity (Wildman–Crippen MR) is 123 cm³/mol. The van der Waals surface area contributed by atoms with Crippen molar-refractivity contribution in [2.75, 3.05) is 13.2 Å². The number of fused-ring (bicyclic) bond motifs is 1. The van der Waals surface area contributed by atoms with Gasteiger partial charge in [0.15, 0.2) is 8.32 Å². The maximum absolute atomic E-state index is 12.4. The number of aryl methyl sites for hydroxylation is 1. The van der Waals surface area contributed by atoms with E-state index < -0.39 is 8.32 Å². The van der Waals surface area contributed by atoms with Crippen LogP contribution in [-0.2, 0) is 15.7 Å². The molecule has 1 aromatic carbocycles. The van der Waals surface area contributed by atoms with Gasteiger partial charge < -0.3 is 13.7 Å². The van der Waals surface area contributed by atoms with E-state index >= 15 is 0 Å². The second kappa shape index (κ2) is 9.59. The van der Waals surface area contributed by atoms with Gasteiger partial charge in [-0.25, -0.2) is 4.79 Å². The maximum Gasteiger partial charge on any atom is 0.354 e. The highest BCUT2D eigenvalue weighted by Crippen LogP contribution is 2.28. The lowest BCUT2D eigenvalue weighted by Gasteiger charge is -2.30. The predicted octanol–water partition coefficient (Wildman–Crippen LogP) is 6.63. The lowest BCUT2D eigenvalue weighted by atomic mass is 10.0. The third-order valence-electron chi connectivity index (χ3n) is 4.57.